The molecule has 0 unspecified atom stereocenters. The molecule has 3 nitrogen and oxygen atoms in total. The molecule has 0 amide bonds. The molecule has 0 atom stereocenters. The van der Waals surface area contributed by atoms with E-state index in [2.05, 4.69) is 132 Å². The molecule has 0 bridgehead atoms. The topological polar surface area (TPSA) is 30.7 Å². The van der Waals surface area contributed by atoms with Gasteiger partial charge in [0, 0.05) is 37.4 Å². The van der Waals surface area contributed by atoms with E-state index in [4.69, 9.17) is 9.97 Å². The molecule has 10 aromatic rings. The van der Waals surface area contributed by atoms with Crippen molar-refractivity contribution in [1.82, 2.24) is 14.5 Å². The van der Waals surface area contributed by atoms with Crippen LogP contribution >= 0.6 is 11.3 Å². The van der Waals surface area contributed by atoms with Gasteiger partial charge in [-0.25, -0.2) is 9.97 Å². The first-order chi connectivity index (χ1) is 22.8. The molecule has 4 heteroatoms. The lowest BCUT2D eigenvalue weighted by Crippen LogP contribution is -2.01. The quantitative estimate of drug-likeness (QED) is 0.201. The summed E-state index contributed by atoms with van der Waals surface area (Å²) in [5, 5.41) is 7.73. The third-order valence-electron chi connectivity index (χ3n) is 9.17. The highest BCUT2D eigenvalue weighted by Crippen LogP contribution is 2.48. The van der Waals surface area contributed by atoms with Gasteiger partial charge in [-0.2, -0.15) is 0 Å². The normalized spacial score (nSPS) is 11.9. The van der Waals surface area contributed by atoms with Gasteiger partial charge in [-0.1, -0.05) is 121 Å². The molecule has 0 aliphatic rings. The maximum Gasteiger partial charge on any atom is 0.0994 e. The monoisotopic (exact) mass is 603 g/mol. The molecule has 7 aromatic carbocycles. The second-order valence-corrected chi connectivity index (χ2v) is 12.8. The highest BCUT2D eigenvalue weighted by molar-refractivity contribution is 7.27. The molecular formula is C42H25N3S. The van der Waals surface area contributed by atoms with E-state index in [1.54, 1.807) is 0 Å². The minimum Gasteiger partial charge on any atom is -0.307 e. The summed E-state index contributed by atoms with van der Waals surface area (Å²) in [6.45, 7) is 0. The average Bonchev–Trinajstić information content (AvgIpc) is 3.68. The van der Waals surface area contributed by atoms with E-state index in [1.807, 2.05) is 35.6 Å². The van der Waals surface area contributed by atoms with E-state index >= 15 is 0 Å². The van der Waals surface area contributed by atoms with Crippen LogP contribution in [0.5, 0.6) is 0 Å². The Labute approximate surface area is 268 Å². The van der Waals surface area contributed by atoms with E-state index in [9.17, 15) is 0 Å². The van der Waals surface area contributed by atoms with Crippen molar-refractivity contribution in [3.8, 4) is 28.2 Å². The smallest absolute Gasteiger partial charge is 0.0994 e. The number of rotatable bonds is 3. The number of para-hydroxylation sites is 4. The van der Waals surface area contributed by atoms with Crippen molar-refractivity contribution in [3.63, 3.8) is 0 Å². The summed E-state index contributed by atoms with van der Waals surface area (Å²) >= 11 is 1.88. The Hall–Kier alpha value is -5.84. The van der Waals surface area contributed by atoms with Crippen LogP contribution in [0.15, 0.2) is 152 Å². The van der Waals surface area contributed by atoms with Gasteiger partial charge in [0.15, 0.2) is 0 Å². The maximum absolute atomic E-state index is 5.33. The molecule has 0 saturated carbocycles. The number of hydrogen-bond acceptors (Lipinski definition) is 3. The van der Waals surface area contributed by atoms with Gasteiger partial charge in [0.25, 0.3) is 0 Å². The molecule has 0 N–H and O–H groups in total. The Morgan fingerprint density at radius 3 is 1.85 bits per heavy atom. The van der Waals surface area contributed by atoms with E-state index in [1.165, 1.54) is 52.8 Å². The molecule has 0 spiro atoms. The van der Waals surface area contributed by atoms with Crippen LogP contribution in [0.4, 0.5) is 0 Å². The lowest BCUT2D eigenvalue weighted by atomic mass is 9.99. The fourth-order valence-electron chi connectivity index (χ4n) is 7.23. The SMILES string of the molecule is c1ccc(-c2nc3ccccc3nc2-c2ccccc2-n2c3ccccc3c3c4ccccc4c4c5ccccc5sc4c32)cc1. The molecule has 3 aromatic heterocycles. The van der Waals surface area contributed by atoms with Crippen LogP contribution in [0, 0.1) is 0 Å². The summed E-state index contributed by atoms with van der Waals surface area (Å²) in [6.07, 6.45) is 0. The first-order valence-corrected chi connectivity index (χ1v) is 16.3. The zero-order chi connectivity index (χ0) is 30.2. The van der Waals surface area contributed by atoms with Crippen LogP contribution in [0.25, 0.3) is 92.0 Å². The molecule has 0 fully saturated rings. The van der Waals surface area contributed by atoms with Crippen molar-refractivity contribution in [2.24, 2.45) is 0 Å². The van der Waals surface area contributed by atoms with Gasteiger partial charge in [-0.15, -0.1) is 11.3 Å². The second kappa shape index (κ2) is 9.83. The third kappa shape index (κ3) is 3.59. The first-order valence-electron chi connectivity index (χ1n) is 15.5. The molecular weight excluding hydrogens is 579 g/mol. The Morgan fingerprint density at radius 2 is 1.04 bits per heavy atom. The average molecular weight is 604 g/mol. The fraction of sp³-hybridized carbons (Fsp3) is 0. The molecule has 3 heterocycles. The van der Waals surface area contributed by atoms with Gasteiger partial charge >= 0.3 is 0 Å². The van der Waals surface area contributed by atoms with Gasteiger partial charge in [0.2, 0.25) is 0 Å². The van der Waals surface area contributed by atoms with Crippen LogP contribution in [-0.2, 0) is 0 Å². The van der Waals surface area contributed by atoms with Crippen molar-refractivity contribution in [1.29, 1.82) is 0 Å². The molecule has 10 rings (SSSR count). The lowest BCUT2D eigenvalue weighted by molar-refractivity contribution is 1.18. The standard InChI is InChI=1S/C42H25N3S/c1-2-14-26(15-3-1)39-40(44-33-22-10-9-21-32(33)43-39)30-19-7-12-24-35(30)45-34-23-11-6-18-29(34)37-27-16-4-5-17-28(27)38-31-20-8-13-25-36(31)46-42(38)41(37)45/h1-25H. The van der Waals surface area contributed by atoms with Crippen molar-refractivity contribution < 1.29 is 0 Å². The van der Waals surface area contributed by atoms with Crippen LogP contribution < -0.4 is 0 Å². The highest BCUT2D eigenvalue weighted by Gasteiger charge is 2.24. The zero-order valence-electron chi connectivity index (χ0n) is 24.7. The second-order valence-electron chi connectivity index (χ2n) is 11.7. The zero-order valence-corrected chi connectivity index (χ0v) is 25.5. The molecule has 214 valence electrons. The van der Waals surface area contributed by atoms with Gasteiger partial charge < -0.3 is 4.57 Å². The van der Waals surface area contributed by atoms with Crippen molar-refractivity contribution in [2.45, 2.75) is 0 Å². The van der Waals surface area contributed by atoms with Gasteiger partial charge in [0.05, 0.1) is 43.8 Å². The highest BCUT2D eigenvalue weighted by atomic mass is 32.1. The largest absolute Gasteiger partial charge is 0.307 e. The predicted molar refractivity (Wildman–Crippen MR) is 195 cm³/mol. The third-order valence-corrected chi connectivity index (χ3v) is 10.3. The van der Waals surface area contributed by atoms with Crippen LogP contribution in [-0.4, -0.2) is 14.5 Å². The Balaban J connectivity index is 1.40. The summed E-state index contributed by atoms with van der Waals surface area (Å²) < 4.78 is 5.08. The molecule has 0 aliphatic carbocycles. The first kappa shape index (κ1) is 25.5. The summed E-state index contributed by atoms with van der Waals surface area (Å²) in [6, 6.07) is 53.8. The van der Waals surface area contributed by atoms with E-state index in [0.29, 0.717) is 0 Å². The Kier molecular flexibility index (Phi) is 5.45. The van der Waals surface area contributed by atoms with Crippen LogP contribution in [0.3, 0.4) is 0 Å². The lowest BCUT2D eigenvalue weighted by Gasteiger charge is -2.17. The maximum atomic E-state index is 5.33. The van der Waals surface area contributed by atoms with Gasteiger partial charge in [0.1, 0.15) is 0 Å². The summed E-state index contributed by atoms with van der Waals surface area (Å²) in [5.41, 5.74) is 9.11. The minimum atomic E-state index is 0.875. The molecule has 46 heavy (non-hydrogen) atoms. The van der Waals surface area contributed by atoms with Gasteiger partial charge in [-0.3, -0.25) is 0 Å². The number of thiophene rings is 1. The van der Waals surface area contributed by atoms with Crippen molar-refractivity contribution >= 4 is 75.1 Å². The minimum absolute atomic E-state index is 0.875. The summed E-state index contributed by atoms with van der Waals surface area (Å²) in [4.78, 5) is 10.5. The van der Waals surface area contributed by atoms with Crippen LogP contribution in [0.1, 0.15) is 0 Å². The predicted octanol–water partition coefficient (Wildman–Crippen LogP) is 11.6. The molecule has 0 aliphatic heterocycles. The Bertz CT molecular complexity index is 2810. The number of hydrogen-bond donors (Lipinski definition) is 0. The molecule has 0 radical (unpaired) electrons. The number of benzene rings is 7. The van der Waals surface area contributed by atoms with E-state index in [-0.39, 0.29) is 0 Å². The van der Waals surface area contributed by atoms with Crippen molar-refractivity contribution in [3.05, 3.63) is 152 Å². The Morgan fingerprint density at radius 1 is 0.457 bits per heavy atom. The van der Waals surface area contributed by atoms with E-state index in [0.717, 1.165) is 39.2 Å². The number of aromatic nitrogens is 3. The van der Waals surface area contributed by atoms with E-state index < -0.39 is 0 Å². The summed E-state index contributed by atoms with van der Waals surface area (Å²) in [5.74, 6) is 0. The van der Waals surface area contributed by atoms with Crippen molar-refractivity contribution in [2.75, 3.05) is 0 Å². The fourth-order valence-corrected chi connectivity index (χ4v) is 8.49. The summed E-state index contributed by atoms with van der Waals surface area (Å²) in [7, 11) is 0. The van der Waals surface area contributed by atoms with Gasteiger partial charge in [-0.05, 0) is 41.1 Å². The number of fused-ring (bicyclic) bond motifs is 11. The molecule has 0 saturated heterocycles. The van der Waals surface area contributed by atoms with Crippen LogP contribution in [0.2, 0.25) is 0 Å². The number of nitrogens with zero attached hydrogens (tertiary/aromatic N) is 3.